The first kappa shape index (κ1) is 25.5. The van der Waals surface area contributed by atoms with Gasteiger partial charge in [-0.2, -0.15) is 0 Å². The summed E-state index contributed by atoms with van der Waals surface area (Å²) in [6, 6.07) is 11.3. The molecule has 9 nitrogen and oxygen atoms in total. The lowest BCUT2D eigenvalue weighted by Crippen LogP contribution is -2.48. The third-order valence-corrected chi connectivity index (χ3v) is 5.89. The molecule has 0 spiro atoms. The Hall–Kier alpha value is -3.11. The highest BCUT2D eigenvalue weighted by atomic mass is 35.5. The van der Waals surface area contributed by atoms with E-state index in [1.165, 1.54) is 4.90 Å². The second-order valence-corrected chi connectivity index (χ2v) is 10.5. The fourth-order valence-electron chi connectivity index (χ4n) is 3.13. The number of hydrogen-bond acceptors (Lipinski definition) is 6. The van der Waals surface area contributed by atoms with Crippen LogP contribution in [0.25, 0.3) is 0 Å². The summed E-state index contributed by atoms with van der Waals surface area (Å²) < 4.78 is 23.1. The molecule has 11 heteroatoms. The molecule has 0 unspecified atom stereocenters. The van der Waals surface area contributed by atoms with Gasteiger partial charge in [0, 0.05) is 38.8 Å². The standard InChI is InChI=1S/C23H26ClN3O6S/c1-23(2,3)26-20(28)11-27(17-7-4-15(24)5-8-17)22(30)13-34(31)12-21(29)25-16-6-9-18-19(10-16)33-14-32-18/h4-10H,11-14H2,1-3H3,(H,25,29)(H,26,28)/t34-/m0/s1. The normalized spacial score (nSPS) is 13.2. The molecular formula is C23H26ClN3O6S. The monoisotopic (exact) mass is 507 g/mol. The minimum Gasteiger partial charge on any atom is -0.454 e. The molecule has 0 fully saturated rings. The highest BCUT2D eigenvalue weighted by Crippen LogP contribution is 2.34. The molecule has 2 aromatic rings. The van der Waals surface area contributed by atoms with Crippen molar-refractivity contribution in [1.29, 1.82) is 0 Å². The van der Waals surface area contributed by atoms with Gasteiger partial charge in [0.25, 0.3) is 0 Å². The number of carbonyl (C=O) groups excluding carboxylic acids is 3. The topological polar surface area (TPSA) is 114 Å². The van der Waals surface area contributed by atoms with Gasteiger partial charge in [-0.3, -0.25) is 18.6 Å². The average Bonchev–Trinajstić information content (AvgIpc) is 3.19. The molecule has 3 amide bonds. The third-order valence-electron chi connectivity index (χ3n) is 4.49. The first-order chi connectivity index (χ1) is 16.0. The fraction of sp³-hybridized carbons (Fsp3) is 0.348. The lowest BCUT2D eigenvalue weighted by atomic mass is 10.1. The quantitative estimate of drug-likeness (QED) is 0.568. The van der Waals surface area contributed by atoms with Crippen LogP contribution in [0.2, 0.25) is 5.02 Å². The Morgan fingerprint density at radius 1 is 1.00 bits per heavy atom. The van der Waals surface area contributed by atoms with Gasteiger partial charge in [-0.15, -0.1) is 0 Å². The van der Waals surface area contributed by atoms with Gasteiger partial charge >= 0.3 is 0 Å². The van der Waals surface area contributed by atoms with E-state index in [0.717, 1.165) is 0 Å². The Bertz CT molecular complexity index is 1100. The van der Waals surface area contributed by atoms with Crippen molar-refractivity contribution in [2.24, 2.45) is 0 Å². The number of nitrogens with one attached hydrogen (secondary N) is 2. The number of benzene rings is 2. The van der Waals surface area contributed by atoms with Crippen molar-refractivity contribution in [3.05, 3.63) is 47.5 Å². The van der Waals surface area contributed by atoms with Gasteiger partial charge in [-0.05, 0) is 57.2 Å². The van der Waals surface area contributed by atoms with Crippen LogP contribution >= 0.6 is 11.6 Å². The first-order valence-electron chi connectivity index (χ1n) is 10.4. The fourth-order valence-corrected chi connectivity index (χ4v) is 4.15. The molecule has 0 aliphatic carbocycles. The Kier molecular flexibility index (Phi) is 8.16. The predicted molar refractivity (Wildman–Crippen MR) is 131 cm³/mol. The number of rotatable bonds is 8. The summed E-state index contributed by atoms with van der Waals surface area (Å²) in [5.41, 5.74) is 0.404. The van der Waals surface area contributed by atoms with Gasteiger partial charge in [0.1, 0.15) is 18.1 Å². The summed E-state index contributed by atoms with van der Waals surface area (Å²) in [4.78, 5) is 39.0. The van der Waals surface area contributed by atoms with Crippen molar-refractivity contribution in [1.82, 2.24) is 5.32 Å². The highest BCUT2D eigenvalue weighted by molar-refractivity contribution is 7.86. The first-order valence-corrected chi connectivity index (χ1v) is 12.3. The molecule has 1 heterocycles. The lowest BCUT2D eigenvalue weighted by molar-refractivity contribution is -0.124. The summed E-state index contributed by atoms with van der Waals surface area (Å²) in [5.74, 6) is -1.19. The van der Waals surface area contributed by atoms with Crippen LogP contribution in [-0.4, -0.2) is 52.3 Å². The molecule has 182 valence electrons. The van der Waals surface area contributed by atoms with E-state index in [-0.39, 0.29) is 25.0 Å². The van der Waals surface area contributed by atoms with Crippen LogP contribution in [0, 0.1) is 0 Å². The van der Waals surface area contributed by atoms with Gasteiger partial charge in [-0.1, -0.05) is 11.6 Å². The van der Waals surface area contributed by atoms with Gasteiger partial charge in [0.05, 0.1) is 0 Å². The van der Waals surface area contributed by atoms with E-state index in [9.17, 15) is 18.6 Å². The molecule has 34 heavy (non-hydrogen) atoms. The van der Waals surface area contributed by atoms with E-state index in [4.69, 9.17) is 21.1 Å². The molecule has 0 radical (unpaired) electrons. The van der Waals surface area contributed by atoms with E-state index in [0.29, 0.717) is 27.9 Å². The predicted octanol–water partition coefficient (Wildman–Crippen LogP) is 2.70. The summed E-state index contributed by atoms with van der Waals surface area (Å²) in [6.45, 7) is 5.32. The number of ether oxygens (including phenoxy) is 2. The van der Waals surface area contributed by atoms with Crippen LogP contribution < -0.4 is 25.0 Å². The van der Waals surface area contributed by atoms with Crippen molar-refractivity contribution < 1.29 is 28.1 Å². The molecule has 0 saturated carbocycles. The summed E-state index contributed by atoms with van der Waals surface area (Å²) in [5, 5.41) is 5.90. The van der Waals surface area contributed by atoms with Crippen LogP contribution in [0.5, 0.6) is 11.5 Å². The van der Waals surface area contributed by atoms with E-state index in [1.54, 1.807) is 42.5 Å². The zero-order valence-electron chi connectivity index (χ0n) is 19.1. The number of hydrogen-bond donors (Lipinski definition) is 2. The van der Waals surface area contributed by atoms with Crippen molar-refractivity contribution in [2.75, 3.05) is 35.1 Å². The summed E-state index contributed by atoms with van der Waals surface area (Å²) in [6.07, 6.45) is 0. The van der Waals surface area contributed by atoms with Gasteiger partial charge in [0.2, 0.25) is 24.5 Å². The molecule has 3 rings (SSSR count). The molecular weight excluding hydrogens is 482 g/mol. The summed E-state index contributed by atoms with van der Waals surface area (Å²) >= 11 is 5.94. The van der Waals surface area contributed by atoms with Crippen LogP contribution in [-0.2, 0) is 25.2 Å². The van der Waals surface area contributed by atoms with Crippen molar-refractivity contribution in [2.45, 2.75) is 26.3 Å². The molecule has 0 bridgehead atoms. The summed E-state index contributed by atoms with van der Waals surface area (Å²) in [7, 11) is -1.80. The second kappa shape index (κ2) is 10.9. The Balaban J connectivity index is 1.62. The van der Waals surface area contributed by atoms with Crippen molar-refractivity contribution in [3.63, 3.8) is 0 Å². The van der Waals surface area contributed by atoms with Crippen molar-refractivity contribution in [3.8, 4) is 11.5 Å². The second-order valence-electron chi connectivity index (χ2n) is 8.60. The zero-order chi connectivity index (χ0) is 24.9. The number of anilines is 2. The van der Waals surface area contributed by atoms with Crippen LogP contribution in [0.1, 0.15) is 20.8 Å². The van der Waals surface area contributed by atoms with Crippen LogP contribution in [0.3, 0.4) is 0 Å². The number of amides is 3. The van der Waals surface area contributed by atoms with E-state index in [1.807, 2.05) is 20.8 Å². The van der Waals surface area contributed by atoms with Crippen LogP contribution in [0.4, 0.5) is 11.4 Å². The molecule has 0 saturated heterocycles. The number of nitrogens with zero attached hydrogens (tertiary/aromatic N) is 1. The lowest BCUT2D eigenvalue weighted by Gasteiger charge is -2.26. The third kappa shape index (κ3) is 7.46. The van der Waals surface area contributed by atoms with Crippen LogP contribution in [0.15, 0.2) is 42.5 Å². The van der Waals surface area contributed by atoms with Gasteiger partial charge < -0.3 is 25.0 Å². The average molecular weight is 508 g/mol. The number of carbonyl (C=O) groups is 3. The van der Waals surface area contributed by atoms with E-state index in [2.05, 4.69) is 10.6 Å². The minimum absolute atomic E-state index is 0.108. The molecule has 2 aromatic carbocycles. The maximum atomic E-state index is 13.0. The number of fused-ring (bicyclic) bond motifs is 1. The van der Waals surface area contributed by atoms with E-state index >= 15 is 0 Å². The minimum atomic E-state index is -1.80. The largest absolute Gasteiger partial charge is 0.454 e. The van der Waals surface area contributed by atoms with E-state index < -0.39 is 33.9 Å². The Morgan fingerprint density at radius 3 is 2.35 bits per heavy atom. The molecule has 1 aliphatic heterocycles. The Labute approximate surface area is 205 Å². The maximum absolute atomic E-state index is 13.0. The molecule has 2 N–H and O–H groups in total. The van der Waals surface area contributed by atoms with Gasteiger partial charge in [0.15, 0.2) is 11.5 Å². The smallest absolute Gasteiger partial charge is 0.240 e. The van der Waals surface area contributed by atoms with Crippen molar-refractivity contribution >= 4 is 51.5 Å². The highest BCUT2D eigenvalue weighted by Gasteiger charge is 2.24. The van der Waals surface area contributed by atoms with Gasteiger partial charge in [-0.25, -0.2) is 0 Å². The molecule has 1 atom stereocenters. The SMILES string of the molecule is CC(C)(C)NC(=O)CN(C(=O)C[S@@](=O)CC(=O)Nc1ccc2c(c1)OCO2)c1ccc(Cl)cc1. The number of halogens is 1. The Morgan fingerprint density at radius 2 is 1.68 bits per heavy atom. The molecule has 0 aromatic heterocycles. The maximum Gasteiger partial charge on any atom is 0.240 e. The zero-order valence-corrected chi connectivity index (χ0v) is 20.6. The molecule has 1 aliphatic rings.